The molecule has 0 aliphatic carbocycles. The lowest BCUT2D eigenvalue weighted by molar-refractivity contribution is -0.152. The molecule has 0 radical (unpaired) electrons. The third-order valence-electron chi connectivity index (χ3n) is 5.62. The molecule has 0 atom stereocenters. The standard InChI is InChI=1S/C24H24ClF3N2O4/c1-14-11-15(2)21(19(25)12-14)29-20(31)13-34-23(33)17-7-9-30(10-8-17)22(32)16-3-5-18(6-4-16)24(26,27)28/h3-6,11-12,17H,7-10,13H2,1-2H3,(H,29,31). The van der Waals surface area contributed by atoms with Gasteiger partial charge in [0.1, 0.15) is 0 Å². The number of amides is 2. The topological polar surface area (TPSA) is 75.7 Å². The van der Waals surface area contributed by atoms with Crippen molar-refractivity contribution in [2.45, 2.75) is 32.9 Å². The van der Waals surface area contributed by atoms with E-state index in [9.17, 15) is 27.6 Å². The number of hydrogen-bond donors (Lipinski definition) is 1. The molecule has 1 aliphatic rings. The number of likely N-dealkylation sites (tertiary alicyclic amines) is 1. The second-order valence-corrected chi connectivity index (χ2v) is 8.64. The minimum absolute atomic E-state index is 0.149. The smallest absolute Gasteiger partial charge is 0.416 e. The highest BCUT2D eigenvalue weighted by molar-refractivity contribution is 6.34. The highest BCUT2D eigenvalue weighted by Crippen LogP contribution is 2.30. The Bertz CT molecular complexity index is 1060. The van der Waals surface area contributed by atoms with Gasteiger partial charge in [0.15, 0.2) is 6.61 Å². The first kappa shape index (κ1) is 25.6. The van der Waals surface area contributed by atoms with Gasteiger partial charge in [-0.05, 0) is 68.1 Å². The molecule has 1 saturated heterocycles. The van der Waals surface area contributed by atoms with Crippen LogP contribution in [-0.4, -0.2) is 42.4 Å². The fourth-order valence-corrected chi connectivity index (χ4v) is 4.18. The van der Waals surface area contributed by atoms with Crippen molar-refractivity contribution in [2.75, 3.05) is 25.0 Å². The number of alkyl halides is 3. The van der Waals surface area contributed by atoms with Crippen molar-refractivity contribution < 1.29 is 32.3 Å². The third-order valence-corrected chi connectivity index (χ3v) is 5.91. The zero-order chi connectivity index (χ0) is 25.0. The Morgan fingerprint density at radius 2 is 1.71 bits per heavy atom. The zero-order valence-corrected chi connectivity index (χ0v) is 19.4. The molecule has 6 nitrogen and oxygen atoms in total. The predicted octanol–water partition coefficient (Wildman–Crippen LogP) is 5.01. The average Bonchev–Trinajstić information content (AvgIpc) is 2.79. The van der Waals surface area contributed by atoms with Crippen LogP contribution in [0.25, 0.3) is 0 Å². The van der Waals surface area contributed by atoms with Crippen molar-refractivity contribution in [2.24, 2.45) is 5.92 Å². The first-order valence-electron chi connectivity index (χ1n) is 10.7. The minimum atomic E-state index is -4.47. The molecule has 1 aliphatic heterocycles. The summed E-state index contributed by atoms with van der Waals surface area (Å²) in [7, 11) is 0. The molecule has 0 saturated carbocycles. The van der Waals surface area contributed by atoms with Crippen LogP contribution >= 0.6 is 11.6 Å². The van der Waals surface area contributed by atoms with Crippen LogP contribution in [-0.2, 0) is 20.5 Å². The van der Waals surface area contributed by atoms with Gasteiger partial charge in [-0.15, -0.1) is 0 Å². The van der Waals surface area contributed by atoms with Crippen LogP contribution in [0.1, 0.15) is 39.9 Å². The highest BCUT2D eigenvalue weighted by Gasteiger charge is 2.32. The first-order valence-corrected chi connectivity index (χ1v) is 11.0. The number of carbonyl (C=O) groups excluding carboxylic acids is 3. The molecule has 182 valence electrons. The Hall–Kier alpha value is -3.07. The number of nitrogens with one attached hydrogen (secondary N) is 1. The van der Waals surface area contributed by atoms with Gasteiger partial charge in [-0.1, -0.05) is 17.7 Å². The zero-order valence-electron chi connectivity index (χ0n) is 18.7. The number of piperidine rings is 1. The van der Waals surface area contributed by atoms with Gasteiger partial charge in [-0.25, -0.2) is 0 Å². The highest BCUT2D eigenvalue weighted by atomic mass is 35.5. The molecule has 2 aromatic carbocycles. The Morgan fingerprint density at radius 3 is 2.26 bits per heavy atom. The molecule has 1 fully saturated rings. The lowest BCUT2D eigenvalue weighted by atomic mass is 9.96. The number of ether oxygens (including phenoxy) is 1. The maximum atomic E-state index is 12.7. The minimum Gasteiger partial charge on any atom is -0.455 e. The normalized spacial score (nSPS) is 14.6. The summed E-state index contributed by atoms with van der Waals surface area (Å²) in [6.07, 6.45) is -3.81. The average molecular weight is 497 g/mol. The SMILES string of the molecule is Cc1cc(C)c(NC(=O)COC(=O)C2CCN(C(=O)c3ccc(C(F)(F)F)cc3)CC2)c(Cl)c1. The monoisotopic (exact) mass is 496 g/mol. The van der Waals surface area contributed by atoms with Crippen LogP contribution in [0.15, 0.2) is 36.4 Å². The van der Waals surface area contributed by atoms with Gasteiger partial charge < -0.3 is 15.0 Å². The maximum absolute atomic E-state index is 12.7. The lowest BCUT2D eigenvalue weighted by Gasteiger charge is -2.31. The van der Waals surface area contributed by atoms with E-state index < -0.39 is 42.0 Å². The van der Waals surface area contributed by atoms with E-state index in [2.05, 4.69) is 5.32 Å². The number of aryl methyl sites for hydroxylation is 2. The predicted molar refractivity (Wildman–Crippen MR) is 121 cm³/mol. The molecular weight excluding hydrogens is 473 g/mol. The van der Waals surface area contributed by atoms with Gasteiger partial charge in [0, 0.05) is 18.7 Å². The van der Waals surface area contributed by atoms with Crippen molar-refractivity contribution in [3.8, 4) is 0 Å². The second-order valence-electron chi connectivity index (χ2n) is 8.24. The van der Waals surface area contributed by atoms with Gasteiger partial charge in [-0.3, -0.25) is 14.4 Å². The Kier molecular flexibility index (Phi) is 7.86. The summed E-state index contributed by atoms with van der Waals surface area (Å²) in [5.41, 5.74) is 1.53. The van der Waals surface area contributed by atoms with Crippen LogP contribution < -0.4 is 5.32 Å². The van der Waals surface area contributed by atoms with Crippen molar-refractivity contribution in [3.63, 3.8) is 0 Å². The third kappa shape index (κ3) is 6.28. The van der Waals surface area contributed by atoms with Crippen molar-refractivity contribution in [1.82, 2.24) is 4.90 Å². The molecule has 0 aromatic heterocycles. The summed E-state index contributed by atoms with van der Waals surface area (Å²) < 4.78 is 43.2. The van der Waals surface area contributed by atoms with Gasteiger partial charge in [-0.2, -0.15) is 13.2 Å². The summed E-state index contributed by atoms with van der Waals surface area (Å²) in [5, 5.41) is 3.04. The van der Waals surface area contributed by atoms with E-state index in [0.29, 0.717) is 23.6 Å². The summed E-state index contributed by atoms with van der Waals surface area (Å²) >= 11 is 6.17. The molecule has 0 unspecified atom stereocenters. The molecule has 34 heavy (non-hydrogen) atoms. The number of nitrogens with zero attached hydrogens (tertiary/aromatic N) is 1. The van der Waals surface area contributed by atoms with E-state index in [4.69, 9.17) is 16.3 Å². The molecule has 2 amide bonds. The van der Waals surface area contributed by atoms with Crippen LogP contribution in [0.4, 0.5) is 18.9 Å². The van der Waals surface area contributed by atoms with Crippen molar-refractivity contribution >= 4 is 35.1 Å². The van der Waals surface area contributed by atoms with Gasteiger partial charge >= 0.3 is 12.1 Å². The number of halogens is 4. The fraction of sp³-hybridized carbons (Fsp3) is 0.375. The molecule has 2 aromatic rings. The van der Waals surface area contributed by atoms with Crippen LogP contribution in [0.2, 0.25) is 5.02 Å². The van der Waals surface area contributed by atoms with Crippen molar-refractivity contribution in [3.05, 3.63) is 63.7 Å². The van der Waals surface area contributed by atoms with E-state index in [1.54, 1.807) is 13.0 Å². The summed E-state index contributed by atoms with van der Waals surface area (Å²) in [4.78, 5) is 38.6. The van der Waals surface area contributed by atoms with Gasteiger partial charge in [0.05, 0.1) is 22.2 Å². The van der Waals surface area contributed by atoms with Gasteiger partial charge in [0.2, 0.25) is 0 Å². The van der Waals surface area contributed by atoms with Crippen molar-refractivity contribution in [1.29, 1.82) is 0 Å². The molecule has 3 rings (SSSR count). The molecule has 1 heterocycles. The number of carbonyl (C=O) groups is 3. The molecule has 0 bridgehead atoms. The van der Waals surface area contributed by atoms with E-state index in [1.807, 2.05) is 13.0 Å². The quantitative estimate of drug-likeness (QED) is 0.590. The van der Waals surface area contributed by atoms with Crippen LogP contribution in [0.5, 0.6) is 0 Å². The van der Waals surface area contributed by atoms with Gasteiger partial charge in [0.25, 0.3) is 11.8 Å². The Labute approximate surface area is 200 Å². The molecule has 1 N–H and O–H groups in total. The maximum Gasteiger partial charge on any atom is 0.416 e. The Balaban J connectivity index is 1.47. The molecule has 10 heteroatoms. The summed E-state index contributed by atoms with van der Waals surface area (Å²) in [6, 6.07) is 7.61. The number of benzene rings is 2. The molecular formula is C24H24ClF3N2O4. The number of esters is 1. The molecule has 0 spiro atoms. The van der Waals surface area contributed by atoms with E-state index in [0.717, 1.165) is 35.4 Å². The first-order chi connectivity index (χ1) is 16.0. The van der Waals surface area contributed by atoms with E-state index in [-0.39, 0.29) is 18.7 Å². The lowest BCUT2D eigenvalue weighted by Crippen LogP contribution is -2.41. The number of hydrogen-bond acceptors (Lipinski definition) is 4. The van der Waals surface area contributed by atoms with E-state index >= 15 is 0 Å². The fourth-order valence-electron chi connectivity index (χ4n) is 3.81. The van der Waals surface area contributed by atoms with Crippen LogP contribution in [0, 0.1) is 19.8 Å². The second kappa shape index (κ2) is 10.5. The Morgan fingerprint density at radius 1 is 1.09 bits per heavy atom. The summed E-state index contributed by atoms with van der Waals surface area (Å²) in [6.45, 7) is 3.73. The number of anilines is 1. The largest absolute Gasteiger partial charge is 0.455 e. The van der Waals surface area contributed by atoms with Crippen LogP contribution in [0.3, 0.4) is 0 Å². The summed E-state index contributed by atoms with van der Waals surface area (Å²) in [5.74, 6) is -1.93. The van der Waals surface area contributed by atoms with E-state index in [1.165, 1.54) is 4.90 Å². The number of rotatable bonds is 5.